The summed E-state index contributed by atoms with van der Waals surface area (Å²) in [7, 11) is 1.68. The third-order valence-electron chi connectivity index (χ3n) is 5.65. The molecule has 1 fully saturated rings. The quantitative estimate of drug-likeness (QED) is 0.574. The van der Waals surface area contributed by atoms with E-state index in [9.17, 15) is 9.18 Å². The Morgan fingerprint density at radius 2 is 1.81 bits per heavy atom. The number of aromatic nitrogens is 1. The molecule has 0 atom stereocenters. The molecule has 1 aromatic heterocycles. The molecule has 0 aliphatic carbocycles. The van der Waals surface area contributed by atoms with Crippen LogP contribution in [-0.2, 0) is 4.74 Å². The number of methoxy groups -OCH3 is 1. The number of halogens is 1. The van der Waals surface area contributed by atoms with E-state index in [-0.39, 0.29) is 6.61 Å². The van der Waals surface area contributed by atoms with Gasteiger partial charge in [0.2, 0.25) is 0 Å². The second kappa shape index (κ2) is 8.79. The largest absolute Gasteiger partial charge is 0.495 e. The number of nitrogens with zero attached hydrogens (tertiary/aromatic N) is 3. The van der Waals surface area contributed by atoms with Gasteiger partial charge in [-0.3, -0.25) is 0 Å². The molecular weight excluding hydrogens is 397 g/mol. The third-order valence-corrected chi connectivity index (χ3v) is 5.65. The highest BCUT2D eigenvalue weighted by Crippen LogP contribution is 2.32. The molecule has 1 saturated heterocycles. The van der Waals surface area contributed by atoms with Gasteiger partial charge in [0.15, 0.2) is 0 Å². The molecule has 162 valence electrons. The minimum atomic E-state index is -0.452. The van der Waals surface area contributed by atoms with Crippen LogP contribution in [0.5, 0.6) is 5.75 Å². The van der Waals surface area contributed by atoms with Crippen LogP contribution in [0.15, 0.2) is 42.5 Å². The Kier molecular flexibility index (Phi) is 5.93. The Labute approximate surface area is 181 Å². The standard InChI is InChI=1S/C24H26FN3O3/c1-4-31-24(29)22-16(2)23(26-19-10-9-17(25)15-18(19)22)28-13-11-27(12-14-28)20-7-5-6-8-21(20)30-3/h5-10,15H,4,11-14H2,1-3H3. The van der Waals surface area contributed by atoms with Gasteiger partial charge in [0.25, 0.3) is 0 Å². The molecule has 1 aliphatic heterocycles. The zero-order chi connectivity index (χ0) is 22.0. The Hall–Kier alpha value is -3.35. The number of fused-ring (bicyclic) bond motifs is 1. The number of carbonyl (C=O) groups is 1. The van der Waals surface area contributed by atoms with Gasteiger partial charge in [0, 0.05) is 37.1 Å². The number of rotatable bonds is 5. The maximum absolute atomic E-state index is 13.9. The molecule has 4 rings (SSSR count). The average molecular weight is 423 g/mol. The van der Waals surface area contributed by atoms with Gasteiger partial charge in [-0.2, -0.15) is 0 Å². The van der Waals surface area contributed by atoms with E-state index < -0.39 is 11.8 Å². The van der Waals surface area contributed by atoms with Crippen molar-refractivity contribution >= 4 is 28.4 Å². The molecule has 0 bridgehead atoms. The maximum Gasteiger partial charge on any atom is 0.339 e. The van der Waals surface area contributed by atoms with Crippen molar-refractivity contribution in [1.29, 1.82) is 0 Å². The van der Waals surface area contributed by atoms with Crippen molar-refractivity contribution in [2.45, 2.75) is 13.8 Å². The molecular formula is C24H26FN3O3. The second-order valence-electron chi connectivity index (χ2n) is 7.46. The molecule has 31 heavy (non-hydrogen) atoms. The highest BCUT2D eigenvalue weighted by molar-refractivity contribution is 6.06. The Morgan fingerprint density at radius 1 is 1.10 bits per heavy atom. The topological polar surface area (TPSA) is 54.9 Å². The van der Waals surface area contributed by atoms with Gasteiger partial charge >= 0.3 is 5.97 Å². The number of pyridine rings is 1. The number of hydrogen-bond acceptors (Lipinski definition) is 6. The lowest BCUT2D eigenvalue weighted by Gasteiger charge is -2.38. The predicted molar refractivity (Wildman–Crippen MR) is 120 cm³/mol. The summed E-state index contributed by atoms with van der Waals surface area (Å²) in [5, 5.41) is 0.479. The minimum Gasteiger partial charge on any atom is -0.495 e. The van der Waals surface area contributed by atoms with Crippen molar-refractivity contribution in [2.24, 2.45) is 0 Å². The molecule has 2 heterocycles. The van der Waals surface area contributed by atoms with Gasteiger partial charge in [-0.1, -0.05) is 12.1 Å². The van der Waals surface area contributed by atoms with Crippen LogP contribution >= 0.6 is 0 Å². The fraction of sp³-hybridized carbons (Fsp3) is 0.333. The molecule has 0 radical (unpaired) electrons. The van der Waals surface area contributed by atoms with Gasteiger partial charge in [0.1, 0.15) is 17.4 Å². The zero-order valence-corrected chi connectivity index (χ0v) is 18.0. The first-order valence-electron chi connectivity index (χ1n) is 10.4. The molecule has 6 nitrogen and oxygen atoms in total. The summed E-state index contributed by atoms with van der Waals surface area (Å²) in [5.74, 6) is 0.730. The first-order valence-corrected chi connectivity index (χ1v) is 10.4. The van der Waals surface area contributed by atoms with Crippen LogP contribution in [0.1, 0.15) is 22.8 Å². The molecule has 2 aromatic carbocycles. The van der Waals surface area contributed by atoms with Gasteiger partial charge in [-0.05, 0) is 44.2 Å². The number of ether oxygens (including phenoxy) is 2. The molecule has 0 saturated carbocycles. The summed E-state index contributed by atoms with van der Waals surface area (Å²) in [6, 6.07) is 12.3. The Bertz CT molecular complexity index is 1110. The molecule has 0 spiro atoms. The van der Waals surface area contributed by atoms with Gasteiger partial charge in [-0.25, -0.2) is 14.2 Å². The lowest BCUT2D eigenvalue weighted by molar-refractivity contribution is 0.0528. The molecule has 0 unspecified atom stereocenters. The van der Waals surface area contributed by atoms with Crippen molar-refractivity contribution in [3.05, 3.63) is 59.4 Å². The van der Waals surface area contributed by atoms with Crippen molar-refractivity contribution in [2.75, 3.05) is 49.7 Å². The fourth-order valence-electron chi connectivity index (χ4n) is 4.14. The van der Waals surface area contributed by atoms with Crippen molar-refractivity contribution in [3.63, 3.8) is 0 Å². The van der Waals surface area contributed by atoms with Crippen LogP contribution in [0.4, 0.5) is 15.9 Å². The number of esters is 1. The molecule has 0 N–H and O–H groups in total. The summed E-state index contributed by atoms with van der Waals surface area (Å²) in [6.07, 6.45) is 0. The average Bonchev–Trinajstić information content (AvgIpc) is 2.79. The van der Waals surface area contributed by atoms with Gasteiger partial charge in [0.05, 0.1) is 30.5 Å². The van der Waals surface area contributed by atoms with Crippen LogP contribution in [0.3, 0.4) is 0 Å². The van der Waals surface area contributed by atoms with Gasteiger partial charge < -0.3 is 19.3 Å². The van der Waals surface area contributed by atoms with E-state index in [0.29, 0.717) is 22.0 Å². The van der Waals surface area contributed by atoms with E-state index in [1.54, 1.807) is 20.1 Å². The lowest BCUT2D eigenvalue weighted by Crippen LogP contribution is -2.47. The monoisotopic (exact) mass is 423 g/mol. The number of anilines is 2. The lowest BCUT2D eigenvalue weighted by atomic mass is 10.0. The second-order valence-corrected chi connectivity index (χ2v) is 7.46. The van der Waals surface area contributed by atoms with E-state index in [4.69, 9.17) is 14.5 Å². The van der Waals surface area contributed by atoms with Crippen LogP contribution in [0.25, 0.3) is 10.9 Å². The van der Waals surface area contributed by atoms with Crippen molar-refractivity contribution in [3.8, 4) is 5.75 Å². The fourth-order valence-corrected chi connectivity index (χ4v) is 4.14. The van der Waals surface area contributed by atoms with Crippen molar-refractivity contribution < 1.29 is 18.7 Å². The summed E-state index contributed by atoms with van der Waals surface area (Å²) < 4.78 is 24.7. The molecule has 3 aromatic rings. The van der Waals surface area contributed by atoms with E-state index in [1.165, 1.54) is 12.1 Å². The number of hydrogen-bond donors (Lipinski definition) is 0. The smallest absolute Gasteiger partial charge is 0.339 e. The van der Waals surface area contributed by atoms with Crippen LogP contribution in [0, 0.1) is 12.7 Å². The van der Waals surface area contributed by atoms with E-state index in [0.717, 1.165) is 43.4 Å². The van der Waals surface area contributed by atoms with Gasteiger partial charge in [-0.15, -0.1) is 0 Å². The predicted octanol–water partition coefficient (Wildman–Crippen LogP) is 4.19. The highest BCUT2D eigenvalue weighted by Gasteiger charge is 2.26. The van der Waals surface area contributed by atoms with Crippen LogP contribution in [0.2, 0.25) is 0 Å². The first-order chi connectivity index (χ1) is 15.0. The maximum atomic E-state index is 13.9. The Balaban J connectivity index is 1.67. The van der Waals surface area contributed by atoms with E-state index >= 15 is 0 Å². The summed E-state index contributed by atoms with van der Waals surface area (Å²) in [4.78, 5) is 22.0. The number of para-hydroxylation sites is 2. The molecule has 7 heteroatoms. The van der Waals surface area contributed by atoms with Crippen LogP contribution in [-0.4, -0.2) is 50.8 Å². The van der Waals surface area contributed by atoms with Crippen LogP contribution < -0.4 is 14.5 Å². The summed E-state index contributed by atoms with van der Waals surface area (Å²) in [5.41, 5.74) is 2.74. The number of piperazine rings is 1. The minimum absolute atomic E-state index is 0.254. The van der Waals surface area contributed by atoms with E-state index in [1.807, 2.05) is 25.1 Å². The zero-order valence-electron chi connectivity index (χ0n) is 18.0. The Morgan fingerprint density at radius 3 is 2.52 bits per heavy atom. The molecule has 0 amide bonds. The normalized spacial score (nSPS) is 14.1. The highest BCUT2D eigenvalue weighted by atomic mass is 19.1. The first kappa shape index (κ1) is 20.9. The number of benzene rings is 2. The summed E-state index contributed by atoms with van der Waals surface area (Å²) in [6.45, 7) is 6.92. The van der Waals surface area contributed by atoms with Crippen molar-refractivity contribution in [1.82, 2.24) is 4.98 Å². The SMILES string of the molecule is CCOC(=O)c1c(C)c(N2CCN(c3ccccc3OC)CC2)nc2ccc(F)cc12. The number of carbonyl (C=O) groups excluding carboxylic acids is 1. The summed E-state index contributed by atoms with van der Waals surface area (Å²) >= 11 is 0. The molecule has 1 aliphatic rings. The van der Waals surface area contributed by atoms with E-state index in [2.05, 4.69) is 15.9 Å². The third kappa shape index (κ3) is 4.00.